The van der Waals surface area contributed by atoms with Crippen LogP contribution in [0.1, 0.15) is 33.9 Å². The van der Waals surface area contributed by atoms with Gasteiger partial charge in [-0.25, -0.2) is 4.39 Å². The number of carbonyl (C=O) groups excluding carboxylic acids is 2. The Labute approximate surface area is 134 Å². The summed E-state index contributed by atoms with van der Waals surface area (Å²) in [4.78, 5) is 25.5. The fraction of sp³-hybridized carbons (Fsp3) is 0.222. The molecule has 2 N–H and O–H groups in total. The molecule has 0 saturated heterocycles. The Morgan fingerprint density at radius 1 is 1.17 bits per heavy atom. The van der Waals surface area contributed by atoms with E-state index in [0.29, 0.717) is 5.56 Å². The van der Waals surface area contributed by atoms with Crippen LogP contribution >= 0.6 is 0 Å². The van der Waals surface area contributed by atoms with Crippen LogP contribution in [-0.2, 0) is 4.79 Å². The summed E-state index contributed by atoms with van der Waals surface area (Å²) in [6, 6.07) is 12.7. The molecule has 1 unspecified atom stereocenters. The summed E-state index contributed by atoms with van der Waals surface area (Å²) in [5.74, 6) is -1.33. The molecule has 0 aromatic heterocycles. The van der Waals surface area contributed by atoms with Gasteiger partial charge in [0.15, 0.2) is 0 Å². The van der Waals surface area contributed by atoms with E-state index in [9.17, 15) is 14.0 Å². The number of halogens is 1. The molecule has 0 heterocycles. The van der Waals surface area contributed by atoms with Crippen LogP contribution in [0.3, 0.4) is 0 Å². The molecule has 4 nitrogen and oxygen atoms in total. The van der Waals surface area contributed by atoms with Crippen molar-refractivity contribution in [2.24, 2.45) is 5.73 Å². The van der Waals surface area contributed by atoms with Gasteiger partial charge in [-0.15, -0.1) is 0 Å². The first kappa shape index (κ1) is 16.7. The first-order valence-corrected chi connectivity index (χ1v) is 7.26. The maximum atomic E-state index is 13.5. The monoisotopic (exact) mass is 314 g/mol. The van der Waals surface area contributed by atoms with Crippen LogP contribution in [0, 0.1) is 12.7 Å². The van der Waals surface area contributed by atoms with Gasteiger partial charge in [0, 0.05) is 12.6 Å². The van der Waals surface area contributed by atoms with Crippen LogP contribution in [0.25, 0.3) is 0 Å². The van der Waals surface area contributed by atoms with E-state index in [1.54, 1.807) is 20.0 Å². The zero-order valence-corrected chi connectivity index (χ0v) is 13.1. The van der Waals surface area contributed by atoms with Gasteiger partial charge in [-0.2, -0.15) is 0 Å². The molecular weight excluding hydrogens is 295 g/mol. The predicted molar refractivity (Wildman–Crippen MR) is 86.2 cm³/mol. The number of primary amides is 1. The molecule has 2 aromatic carbocycles. The lowest BCUT2D eigenvalue weighted by Gasteiger charge is -2.28. The van der Waals surface area contributed by atoms with Gasteiger partial charge in [0.2, 0.25) is 5.91 Å². The molecule has 0 aliphatic rings. The van der Waals surface area contributed by atoms with Crippen LogP contribution in [0.15, 0.2) is 48.5 Å². The Morgan fingerprint density at radius 2 is 1.83 bits per heavy atom. The average molecular weight is 314 g/mol. The summed E-state index contributed by atoms with van der Waals surface area (Å²) in [5.41, 5.74) is 7.08. The van der Waals surface area contributed by atoms with Gasteiger partial charge in [0.05, 0.1) is 12.5 Å². The Bertz CT molecular complexity index is 716. The molecule has 5 heteroatoms. The predicted octanol–water partition coefficient (Wildman–Crippen LogP) is 2.82. The number of aryl methyl sites for hydroxylation is 1. The zero-order chi connectivity index (χ0) is 17.0. The number of hydrogen-bond donors (Lipinski definition) is 1. The molecule has 120 valence electrons. The number of hydrogen-bond acceptors (Lipinski definition) is 2. The van der Waals surface area contributed by atoms with Gasteiger partial charge < -0.3 is 10.6 Å². The molecule has 0 radical (unpaired) electrons. The highest BCUT2D eigenvalue weighted by Gasteiger charge is 2.25. The van der Waals surface area contributed by atoms with Gasteiger partial charge in [-0.3, -0.25) is 9.59 Å². The topological polar surface area (TPSA) is 63.4 Å². The van der Waals surface area contributed by atoms with Crippen LogP contribution in [-0.4, -0.2) is 23.8 Å². The molecule has 0 aliphatic carbocycles. The maximum Gasteiger partial charge on any atom is 0.254 e. The van der Waals surface area contributed by atoms with Gasteiger partial charge >= 0.3 is 0 Å². The van der Waals surface area contributed by atoms with Gasteiger partial charge in [0.25, 0.3) is 5.91 Å². The van der Waals surface area contributed by atoms with E-state index in [-0.39, 0.29) is 17.9 Å². The number of nitrogens with zero attached hydrogens (tertiary/aromatic N) is 1. The maximum absolute atomic E-state index is 13.5. The summed E-state index contributed by atoms with van der Waals surface area (Å²) in [7, 11) is 1.59. The third kappa shape index (κ3) is 3.94. The Morgan fingerprint density at radius 3 is 2.43 bits per heavy atom. The van der Waals surface area contributed by atoms with E-state index < -0.39 is 17.8 Å². The second-order valence-corrected chi connectivity index (χ2v) is 5.47. The third-order valence-corrected chi connectivity index (χ3v) is 3.80. The number of amides is 2. The van der Waals surface area contributed by atoms with Crippen molar-refractivity contribution >= 4 is 11.8 Å². The molecule has 0 fully saturated rings. The first-order chi connectivity index (χ1) is 10.9. The molecule has 23 heavy (non-hydrogen) atoms. The fourth-order valence-corrected chi connectivity index (χ4v) is 2.50. The second kappa shape index (κ2) is 7.05. The molecule has 0 saturated carbocycles. The number of nitrogens with two attached hydrogens (primary N) is 1. The van der Waals surface area contributed by atoms with E-state index in [2.05, 4.69) is 0 Å². The van der Waals surface area contributed by atoms with Crippen molar-refractivity contribution in [3.63, 3.8) is 0 Å². The van der Waals surface area contributed by atoms with E-state index in [0.717, 1.165) is 5.56 Å². The van der Waals surface area contributed by atoms with Gasteiger partial charge in [-0.1, -0.05) is 36.4 Å². The lowest BCUT2D eigenvalue weighted by Crippen LogP contribution is -2.34. The number of carbonyl (C=O) groups is 2. The van der Waals surface area contributed by atoms with Crippen LogP contribution in [0.4, 0.5) is 4.39 Å². The summed E-state index contributed by atoms with van der Waals surface area (Å²) in [6.45, 7) is 1.74. The average Bonchev–Trinajstić information content (AvgIpc) is 2.54. The largest absolute Gasteiger partial charge is 0.370 e. The smallest absolute Gasteiger partial charge is 0.254 e. The molecule has 2 amide bonds. The Balaban J connectivity index is 2.36. The lowest BCUT2D eigenvalue weighted by molar-refractivity contribution is -0.119. The molecule has 1 atom stereocenters. The van der Waals surface area contributed by atoms with Crippen LogP contribution in [0.2, 0.25) is 0 Å². The standard InChI is InChI=1S/C18H19FN2O2/c1-12-8-9-14(19)10-15(12)18(23)21(2)16(11-17(20)22)13-6-4-3-5-7-13/h3-10,16H,11H2,1-2H3,(H2,20,22). The second-order valence-electron chi connectivity index (χ2n) is 5.47. The van der Waals surface area contributed by atoms with E-state index in [1.165, 1.54) is 17.0 Å². The third-order valence-electron chi connectivity index (χ3n) is 3.80. The van der Waals surface area contributed by atoms with Crippen LogP contribution in [0.5, 0.6) is 0 Å². The van der Waals surface area contributed by atoms with Crippen molar-refractivity contribution in [2.75, 3.05) is 7.05 Å². The highest BCUT2D eigenvalue weighted by molar-refractivity contribution is 5.96. The van der Waals surface area contributed by atoms with Crippen molar-refractivity contribution in [1.82, 2.24) is 4.90 Å². The van der Waals surface area contributed by atoms with Gasteiger partial charge in [0.1, 0.15) is 5.82 Å². The van der Waals surface area contributed by atoms with E-state index in [4.69, 9.17) is 5.73 Å². The minimum absolute atomic E-state index is 0.000612. The van der Waals surface area contributed by atoms with Gasteiger partial charge in [-0.05, 0) is 30.2 Å². The highest BCUT2D eigenvalue weighted by Crippen LogP contribution is 2.25. The first-order valence-electron chi connectivity index (χ1n) is 7.26. The minimum Gasteiger partial charge on any atom is -0.370 e. The van der Waals surface area contributed by atoms with Crippen LogP contribution < -0.4 is 5.73 Å². The SMILES string of the molecule is Cc1ccc(F)cc1C(=O)N(C)C(CC(N)=O)c1ccccc1. The molecular formula is C18H19FN2O2. The summed E-state index contributed by atoms with van der Waals surface area (Å²) >= 11 is 0. The normalized spacial score (nSPS) is 11.8. The summed E-state index contributed by atoms with van der Waals surface area (Å²) in [6.07, 6.45) is 0.000612. The summed E-state index contributed by atoms with van der Waals surface area (Å²) < 4.78 is 13.5. The van der Waals surface area contributed by atoms with Crippen molar-refractivity contribution in [3.8, 4) is 0 Å². The van der Waals surface area contributed by atoms with Crippen molar-refractivity contribution in [1.29, 1.82) is 0 Å². The molecule has 2 aromatic rings. The zero-order valence-electron chi connectivity index (χ0n) is 13.1. The quantitative estimate of drug-likeness (QED) is 0.922. The number of benzene rings is 2. The lowest BCUT2D eigenvalue weighted by atomic mass is 10.00. The fourth-order valence-electron chi connectivity index (χ4n) is 2.50. The minimum atomic E-state index is -0.505. The molecule has 0 spiro atoms. The van der Waals surface area contributed by atoms with Crippen molar-refractivity contribution in [3.05, 3.63) is 71.0 Å². The molecule has 2 rings (SSSR count). The highest BCUT2D eigenvalue weighted by atomic mass is 19.1. The Kier molecular flexibility index (Phi) is 5.11. The van der Waals surface area contributed by atoms with E-state index >= 15 is 0 Å². The summed E-state index contributed by atoms with van der Waals surface area (Å²) in [5, 5.41) is 0. The molecule has 0 bridgehead atoms. The molecule has 0 aliphatic heterocycles. The van der Waals surface area contributed by atoms with Crippen molar-refractivity contribution in [2.45, 2.75) is 19.4 Å². The van der Waals surface area contributed by atoms with E-state index in [1.807, 2.05) is 30.3 Å². The van der Waals surface area contributed by atoms with Crippen molar-refractivity contribution < 1.29 is 14.0 Å². The number of rotatable bonds is 5. The Hall–Kier alpha value is -2.69.